The van der Waals surface area contributed by atoms with Crippen LogP contribution in [0.1, 0.15) is 13.8 Å². The molecule has 0 aromatic heterocycles. The molecule has 1 aliphatic rings. The van der Waals surface area contributed by atoms with Gasteiger partial charge in [0.15, 0.2) is 0 Å². The maximum absolute atomic E-state index is 10.6. The van der Waals surface area contributed by atoms with Crippen LogP contribution in [0.15, 0.2) is 0 Å². The van der Waals surface area contributed by atoms with Crippen molar-refractivity contribution < 1.29 is 9.53 Å². The Morgan fingerprint density at radius 3 is 2.33 bits per heavy atom. The lowest BCUT2D eigenvalue weighted by Gasteiger charge is -2.08. The Balaban J connectivity index is 2.65. The third-order valence-electron chi connectivity index (χ3n) is 1.50. The Morgan fingerprint density at radius 1 is 1.67 bits per heavy atom. The van der Waals surface area contributed by atoms with Crippen molar-refractivity contribution >= 4 is 17.9 Å². The van der Waals surface area contributed by atoms with Crippen LogP contribution >= 0.6 is 11.8 Å². The zero-order chi connectivity index (χ0) is 7.02. The van der Waals surface area contributed by atoms with Crippen LogP contribution in [-0.4, -0.2) is 22.7 Å². The summed E-state index contributed by atoms with van der Waals surface area (Å²) in [5.74, 6) is 0. The Labute approximate surface area is 58.6 Å². The van der Waals surface area contributed by atoms with E-state index in [1.54, 1.807) is 0 Å². The van der Waals surface area contributed by atoms with E-state index in [0.29, 0.717) is 0 Å². The average molecular weight is 150 g/mol. The first-order valence-electron chi connectivity index (χ1n) is 2.78. The molecule has 9 heavy (non-hydrogen) atoms. The lowest BCUT2D eigenvalue weighted by molar-refractivity contribution is 0.141. The zero-order valence-electron chi connectivity index (χ0n) is 5.30. The van der Waals surface area contributed by atoms with Gasteiger partial charge in [-0.1, -0.05) is 0 Å². The van der Waals surface area contributed by atoms with Gasteiger partial charge in [-0.2, -0.15) is 0 Å². The standard InChI is InChI=1S/C5H8ClNO2/c1-3-4(2)9-5(8)7(3)6/h3-4H,1-2H3. The summed E-state index contributed by atoms with van der Waals surface area (Å²) in [4.78, 5) is 10.6. The summed E-state index contributed by atoms with van der Waals surface area (Å²) >= 11 is 5.47. The molecule has 2 atom stereocenters. The molecule has 1 fully saturated rings. The molecule has 0 aromatic rings. The van der Waals surface area contributed by atoms with Crippen molar-refractivity contribution in [1.29, 1.82) is 0 Å². The Morgan fingerprint density at radius 2 is 2.22 bits per heavy atom. The number of halogens is 1. The van der Waals surface area contributed by atoms with Crippen molar-refractivity contribution in [1.82, 2.24) is 4.42 Å². The fourth-order valence-corrected chi connectivity index (χ4v) is 0.857. The molecule has 0 saturated carbocycles. The Bertz CT molecular complexity index is 139. The maximum Gasteiger partial charge on any atom is 0.425 e. The minimum Gasteiger partial charge on any atom is -0.443 e. The molecule has 1 rings (SSSR count). The summed E-state index contributed by atoms with van der Waals surface area (Å²) in [7, 11) is 0. The molecule has 0 radical (unpaired) electrons. The molecule has 1 heterocycles. The molecular weight excluding hydrogens is 142 g/mol. The number of carbonyl (C=O) groups is 1. The van der Waals surface area contributed by atoms with Gasteiger partial charge in [-0.3, -0.25) is 0 Å². The number of rotatable bonds is 0. The molecule has 2 unspecified atom stereocenters. The molecule has 0 aromatic carbocycles. The van der Waals surface area contributed by atoms with Crippen molar-refractivity contribution in [3.05, 3.63) is 0 Å². The van der Waals surface area contributed by atoms with Gasteiger partial charge in [-0.25, -0.2) is 9.21 Å². The topological polar surface area (TPSA) is 29.5 Å². The molecule has 52 valence electrons. The van der Waals surface area contributed by atoms with E-state index in [2.05, 4.69) is 0 Å². The van der Waals surface area contributed by atoms with E-state index in [-0.39, 0.29) is 12.1 Å². The predicted octanol–water partition coefficient (Wildman–Crippen LogP) is 1.37. The van der Waals surface area contributed by atoms with E-state index >= 15 is 0 Å². The van der Waals surface area contributed by atoms with E-state index in [9.17, 15) is 4.79 Å². The molecular formula is C5H8ClNO2. The lowest BCUT2D eigenvalue weighted by Crippen LogP contribution is -2.24. The highest BCUT2D eigenvalue weighted by molar-refractivity contribution is 6.20. The second kappa shape index (κ2) is 2.06. The van der Waals surface area contributed by atoms with Gasteiger partial charge in [0.2, 0.25) is 0 Å². The van der Waals surface area contributed by atoms with Crippen LogP contribution in [-0.2, 0) is 4.74 Å². The minimum atomic E-state index is -0.448. The monoisotopic (exact) mass is 149 g/mol. The van der Waals surface area contributed by atoms with Crippen LogP contribution in [0.5, 0.6) is 0 Å². The summed E-state index contributed by atoms with van der Waals surface area (Å²) in [5.41, 5.74) is 0. The van der Waals surface area contributed by atoms with Gasteiger partial charge in [-0.05, 0) is 13.8 Å². The van der Waals surface area contributed by atoms with Gasteiger partial charge in [0.1, 0.15) is 6.10 Å². The highest BCUT2D eigenvalue weighted by Gasteiger charge is 2.34. The zero-order valence-corrected chi connectivity index (χ0v) is 6.05. The molecule has 0 spiro atoms. The molecule has 1 aliphatic heterocycles. The van der Waals surface area contributed by atoms with Crippen molar-refractivity contribution in [2.45, 2.75) is 26.0 Å². The summed E-state index contributed by atoms with van der Waals surface area (Å²) in [6.45, 7) is 3.65. The minimum absolute atomic E-state index is 0.0147. The van der Waals surface area contributed by atoms with Crippen LogP contribution in [0.3, 0.4) is 0 Å². The van der Waals surface area contributed by atoms with Crippen molar-refractivity contribution in [2.75, 3.05) is 0 Å². The molecule has 0 bridgehead atoms. The van der Waals surface area contributed by atoms with E-state index in [0.717, 1.165) is 4.42 Å². The summed E-state index contributed by atoms with van der Waals surface area (Å²) < 4.78 is 5.81. The van der Waals surface area contributed by atoms with E-state index < -0.39 is 6.09 Å². The Kier molecular flexibility index (Phi) is 1.53. The largest absolute Gasteiger partial charge is 0.443 e. The summed E-state index contributed by atoms with van der Waals surface area (Å²) in [6.07, 6.45) is -0.535. The normalized spacial score (nSPS) is 35.0. The van der Waals surface area contributed by atoms with Crippen molar-refractivity contribution in [3.8, 4) is 0 Å². The second-order valence-electron chi connectivity index (χ2n) is 2.14. The van der Waals surface area contributed by atoms with Crippen molar-refractivity contribution in [3.63, 3.8) is 0 Å². The van der Waals surface area contributed by atoms with Gasteiger partial charge in [-0.15, -0.1) is 0 Å². The van der Waals surface area contributed by atoms with Gasteiger partial charge < -0.3 is 4.74 Å². The van der Waals surface area contributed by atoms with Gasteiger partial charge >= 0.3 is 6.09 Å². The number of ether oxygens (including phenoxy) is 1. The van der Waals surface area contributed by atoms with Crippen molar-refractivity contribution in [2.24, 2.45) is 0 Å². The molecule has 4 heteroatoms. The van der Waals surface area contributed by atoms with Gasteiger partial charge in [0.25, 0.3) is 0 Å². The number of carbonyl (C=O) groups excluding carboxylic acids is 1. The summed E-state index contributed by atoms with van der Waals surface area (Å²) in [6, 6.07) is -0.0147. The fourth-order valence-electron chi connectivity index (χ4n) is 0.658. The van der Waals surface area contributed by atoms with E-state index in [1.807, 2.05) is 13.8 Å². The maximum atomic E-state index is 10.6. The first-order chi connectivity index (χ1) is 4.13. The quantitative estimate of drug-likeness (QED) is 0.487. The molecule has 1 amide bonds. The van der Waals surface area contributed by atoms with Crippen LogP contribution in [0.2, 0.25) is 0 Å². The van der Waals surface area contributed by atoms with Crippen LogP contribution in [0.4, 0.5) is 4.79 Å². The number of nitrogens with zero attached hydrogens (tertiary/aromatic N) is 1. The van der Waals surface area contributed by atoms with Gasteiger partial charge in [0.05, 0.1) is 6.04 Å². The van der Waals surface area contributed by atoms with E-state index in [1.165, 1.54) is 0 Å². The Hall–Kier alpha value is -0.440. The first-order valence-corrected chi connectivity index (χ1v) is 3.12. The van der Waals surface area contributed by atoms with Crippen LogP contribution in [0.25, 0.3) is 0 Å². The summed E-state index contributed by atoms with van der Waals surface area (Å²) in [5, 5.41) is 0. The number of amides is 1. The van der Waals surface area contributed by atoms with Gasteiger partial charge in [0, 0.05) is 11.8 Å². The third-order valence-corrected chi connectivity index (χ3v) is 1.94. The van der Waals surface area contributed by atoms with E-state index in [4.69, 9.17) is 16.5 Å². The SMILES string of the molecule is CC1OC(=O)N(Cl)C1C. The third kappa shape index (κ3) is 0.965. The number of hydrogen-bond acceptors (Lipinski definition) is 2. The second-order valence-corrected chi connectivity index (χ2v) is 2.50. The molecule has 0 aliphatic carbocycles. The molecule has 1 saturated heterocycles. The average Bonchev–Trinajstić information content (AvgIpc) is 1.98. The van der Waals surface area contributed by atoms with Crippen LogP contribution < -0.4 is 0 Å². The number of cyclic esters (lactones) is 1. The lowest BCUT2D eigenvalue weighted by atomic mass is 10.2. The highest BCUT2D eigenvalue weighted by atomic mass is 35.5. The fraction of sp³-hybridized carbons (Fsp3) is 0.800. The molecule has 3 nitrogen and oxygen atoms in total. The number of hydrogen-bond donors (Lipinski definition) is 0. The molecule has 0 N–H and O–H groups in total. The first kappa shape index (κ1) is 6.68. The van der Waals surface area contributed by atoms with Crippen LogP contribution in [0, 0.1) is 0 Å². The predicted molar refractivity (Wildman–Crippen MR) is 33.1 cm³/mol. The smallest absolute Gasteiger partial charge is 0.425 e. The highest BCUT2D eigenvalue weighted by Crippen LogP contribution is 2.19.